The Kier molecular flexibility index (Phi) is 5.28. The second-order valence-corrected chi connectivity index (χ2v) is 6.01. The maximum atomic E-state index is 8.85. The van der Waals surface area contributed by atoms with Gasteiger partial charge < -0.3 is 10.4 Å². The minimum absolute atomic E-state index is 0.324. The molecular formula is C11H23NOS. The summed E-state index contributed by atoms with van der Waals surface area (Å²) in [5.41, 5.74) is 0. The molecule has 84 valence electrons. The molecule has 2 N–H and O–H groups in total. The van der Waals surface area contributed by atoms with Gasteiger partial charge in [-0.1, -0.05) is 13.8 Å². The van der Waals surface area contributed by atoms with Crippen molar-refractivity contribution >= 4 is 11.8 Å². The fraction of sp³-hybridized carbons (Fsp3) is 1.00. The van der Waals surface area contributed by atoms with Crippen LogP contribution < -0.4 is 5.32 Å². The summed E-state index contributed by atoms with van der Waals surface area (Å²) in [7, 11) is 2.06. The highest BCUT2D eigenvalue weighted by atomic mass is 32.2. The molecule has 3 heteroatoms. The Labute approximate surface area is 91.9 Å². The largest absolute Gasteiger partial charge is 0.396 e. The number of hydrogen-bond acceptors (Lipinski definition) is 3. The minimum Gasteiger partial charge on any atom is -0.396 e. The van der Waals surface area contributed by atoms with E-state index >= 15 is 0 Å². The normalized spacial score (nSPS) is 34.7. The first kappa shape index (κ1) is 12.3. The molecule has 1 aliphatic rings. The van der Waals surface area contributed by atoms with E-state index in [-0.39, 0.29) is 0 Å². The first-order chi connectivity index (χ1) is 6.69. The Morgan fingerprint density at radius 1 is 1.50 bits per heavy atom. The van der Waals surface area contributed by atoms with Gasteiger partial charge in [-0.25, -0.2) is 0 Å². The average molecular weight is 217 g/mol. The first-order valence-electron chi connectivity index (χ1n) is 5.62. The van der Waals surface area contributed by atoms with E-state index in [0.717, 1.165) is 17.6 Å². The van der Waals surface area contributed by atoms with Gasteiger partial charge in [0.25, 0.3) is 0 Å². The van der Waals surface area contributed by atoms with Crippen LogP contribution in [0.3, 0.4) is 0 Å². The van der Waals surface area contributed by atoms with Gasteiger partial charge in [0.15, 0.2) is 0 Å². The van der Waals surface area contributed by atoms with Gasteiger partial charge in [0.1, 0.15) is 0 Å². The predicted octanol–water partition coefficient (Wildman–Crippen LogP) is 1.88. The van der Waals surface area contributed by atoms with Gasteiger partial charge in [-0.05, 0) is 32.2 Å². The van der Waals surface area contributed by atoms with Crippen LogP contribution in [0.25, 0.3) is 0 Å². The summed E-state index contributed by atoms with van der Waals surface area (Å²) in [6, 6.07) is 0.703. The van der Waals surface area contributed by atoms with Crippen LogP contribution in [0.1, 0.15) is 33.1 Å². The molecule has 0 aromatic heterocycles. The molecule has 0 aromatic rings. The van der Waals surface area contributed by atoms with Gasteiger partial charge in [-0.2, -0.15) is 11.8 Å². The van der Waals surface area contributed by atoms with Crippen LogP contribution in [0.5, 0.6) is 0 Å². The summed E-state index contributed by atoms with van der Waals surface area (Å²) in [5, 5.41) is 13.6. The highest BCUT2D eigenvalue weighted by Crippen LogP contribution is 2.37. The quantitative estimate of drug-likeness (QED) is 0.737. The second-order valence-electron chi connectivity index (χ2n) is 4.33. The smallest absolute Gasteiger partial charge is 0.0441 e. The molecule has 0 bridgehead atoms. The average Bonchev–Trinajstić information content (AvgIpc) is 2.48. The van der Waals surface area contributed by atoms with E-state index in [1.165, 1.54) is 12.8 Å². The molecule has 4 unspecified atom stereocenters. The third-order valence-electron chi connectivity index (χ3n) is 3.30. The summed E-state index contributed by atoms with van der Waals surface area (Å²) in [6.45, 7) is 4.89. The number of nitrogens with one attached hydrogen (secondary N) is 1. The molecule has 1 fully saturated rings. The summed E-state index contributed by atoms with van der Waals surface area (Å²) < 4.78 is 0. The molecule has 0 radical (unpaired) electrons. The van der Waals surface area contributed by atoms with Gasteiger partial charge in [0.05, 0.1) is 0 Å². The van der Waals surface area contributed by atoms with E-state index in [9.17, 15) is 0 Å². The standard InChI is InChI=1S/C11H23NOS/c1-8(6-7-13)14-11-5-4-10(12-3)9(11)2/h8-13H,4-7H2,1-3H3. The fourth-order valence-electron chi connectivity index (χ4n) is 2.28. The second kappa shape index (κ2) is 5.99. The van der Waals surface area contributed by atoms with Crippen molar-refractivity contribution in [3.63, 3.8) is 0 Å². The van der Waals surface area contributed by atoms with E-state index in [2.05, 4.69) is 38.0 Å². The fourth-order valence-corrected chi connectivity index (χ4v) is 3.82. The van der Waals surface area contributed by atoms with Crippen molar-refractivity contribution in [2.75, 3.05) is 13.7 Å². The molecule has 0 aromatic carbocycles. The van der Waals surface area contributed by atoms with Crippen molar-refractivity contribution in [1.82, 2.24) is 5.32 Å². The Balaban J connectivity index is 2.32. The van der Waals surface area contributed by atoms with Crippen LogP contribution in [0.2, 0.25) is 0 Å². The Hall–Kier alpha value is 0.270. The summed E-state index contributed by atoms with van der Waals surface area (Å²) in [5.74, 6) is 0.770. The molecule has 4 atom stereocenters. The lowest BCUT2D eigenvalue weighted by Crippen LogP contribution is -2.30. The van der Waals surface area contributed by atoms with Crippen LogP contribution in [0.15, 0.2) is 0 Å². The maximum Gasteiger partial charge on any atom is 0.0441 e. The highest BCUT2D eigenvalue weighted by Gasteiger charge is 2.32. The summed E-state index contributed by atoms with van der Waals surface area (Å²) >= 11 is 2.06. The van der Waals surface area contributed by atoms with Gasteiger partial charge in [-0.3, -0.25) is 0 Å². The number of aliphatic hydroxyl groups is 1. The predicted molar refractivity (Wildman–Crippen MR) is 63.8 cm³/mol. The number of rotatable bonds is 5. The van der Waals surface area contributed by atoms with Crippen molar-refractivity contribution < 1.29 is 5.11 Å². The monoisotopic (exact) mass is 217 g/mol. The molecular weight excluding hydrogens is 194 g/mol. The molecule has 1 rings (SSSR count). The van der Waals surface area contributed by atoms with Crippen molar-refractivity contribution in [2.24, 2.45) is 5.92 Å². The lowest BCUT2D eigenvalue weighted by atomic mass is 10.1. The molecule has 0 aliphatic heterocycles. The maximum absolute atomic E-state index is 8.85. The van der Waals surface area contributed by atoms with Crippen LogP contribution in [-0.4, -0.2) is 35.3 Å². The lowest BCUT2D eigenvalue weighted by Gasteiger charge is -2.22. The van der Waals surface area contributed by atoms with E-state index in [1.807, 2.05) is 0 Å². The summed E-state index contributed by atoms with van der Waals surface area (Å²) in [6.07, 6.45) is 3.56. The Morgan fingerprint density at radius 2 is 2.21 bits per heavy atom. The molecule has 1 aliphatic carbocycles. The molecule has 0 spiro atoms. The molecule has 1 saturated carbocycles. The van der Waals surface area contributed by atoms with E-state index in [0.29, 0.717) is 17.9 Å². The van der Waals surface area contributed by atoms with Gasteiger partial charge in [0, 0.05) is 23.1 Å². The van der Waals surface area contributed by atoms with Crippen LogP contribution >= 0.6 is 11.8 Å². The van der Waals surface area contributed by atoms with Gasteiger partial charge >= 0.3 is 0 Å². The Bertz CT molecular complexity index is 165. The number of hydrogen-bond donors (Lipinski definition) is 2. The third kappa shape index (κ3) is 3.14. The molecule has 0 saturated heterocycles. The van der Waals surface area contributed by atoms with Crippen molar-refractivity contribution in [3.8, 4) is 0 Å². The first-order valence-corrected chi connectivity index (χ1v) is 6.57. The van der Waals surface area contributed by atoms with Crippen LogP contribution in [-0.2, 0) is 0 Å². The van der Waals surface area contributed by atoms with Crippen molar-refractivity contribution in [2.45, 2.75) is 49.7 Å². The molecule has 0 amide bonds. The number of aliphatic hydroxyl groups excluding tert-OH is 1. The summed E-state index contributed by atoms with van der Waals surface area (Å²) in [4.78, 5) is 0. The van der Waals surface area contributed by atoms with Crippen molar-refractivity contribution in [3.05, 3.63) is 0 Å². The van der Waals surface area contributed by atoms with E-state index < -0.39 is 0 Å². The Morgan fingerprint density at radius 3 is 2.71 bits per heavy atom. The van der Waals surface area contributed by atoms with E-state index in [4.69, 9.17) is 5.11 Å². The highest BCUT2D eigenvalue weighted by molar-refractivity contribution is 8.00. The van der Waals surface area contributed by atoms with Crippen molar-refractivity contribution in [1.29, 1.82) is 0 Å². The number of thioether (sulfide) groups is 1. The zero-order valence-electron chi connectivity index (χ0n) is 9.49. The SMILES string of the molecule is CNC1CCC(SC(C)CCO)C1C. The zero-order valence-corrected chi connectivity index (χ0v) is 10.3. The van der Waals surface area contributed by atoms with Crippen LogP contribution in [0.4, 0.5) is 0 Å². The topological polar surface area (TPSA) is 32.3 Å². The molecule has 0 heterocycles. The van der Waals surface area contributed by atoms with Gasteiger partial charge in [0.2, 0.25) is 0 Å². The third-order valence-corrected chi connectivity index (χ3v) is 5.01. The lowest BCUT2D eigenvalue weighted by molar-refractivity contribution is 0.288. The zero-order chi connectivity index (χ0) is 10.6. The van der Waals surface area contributed by atoms with E-state index in [1.54, 1.807) is 0 Å². The molecule has 2 nitrogen and oxygen atoms in total. The van der Waals surface area contributed by atoms with Gasteiger partial charge in [-0.15, -0.1) is 0 Å². The van der Waals surface area contributed by atoms with Crippen LogP contribution in [0, 0.1) is 5.92 Å². The minimum atomic E-state index is 0.324. The molecule has 14 heavy (non-hydrogen) atoms.